The lowest BCUT2D eigenvalue weighted by Crippen LogP contribution is -2.15. The van der Waals surface area contributed by atoms with Gasteiger partial charge in [-0.2, -0.15) is 0 Å². The third-order valence-electron chi connectivity index (χ3n) is 2.17. The summed E-state index contributed by atoms with van der Waals surface area (Å²) < 4.78 is 26.1. The van der Waals surface area contributed by atoms with Gasteiger partial charge in [-0.3, -0.25) is 4.72 Å². The summed E-state index contributed by atoms with van der Waals surface area (Å²) in [6, 6.07) is 6.68. The molecule has 0 amide bonds. The molecule has 2 aromatic rings. The number of nitrogens with two attached hydrogens (primary N) is 1. The SMILES string of the molecule is Nc1ccc(CS(=O)(=O)Nc2cncnc2)cc1. The number of sulfonamides is 1. The van der Waals surface area contributed by atoms with E-state index in [0.717, 1.165) is 0 Å². The predicted molar refractivity (Wildman–Crippen MR) is 69.1 cm³/mol. The van der Waals surface area contributed by atoms with Crippen molar-refractivity contribution in [1.29, 1.82) is 0 Å². The molecule has 7 heteroatoms. The van der Waals surface area contributed by atoms with Gasteiger partial charge in [0.15, 0.2) is 0 Å². The van der Waals surface area contributed by atoms with Gasteiger partial charge in [0.1, 0.15) is 6.33 Å². The summed E-state index contributed by atoms with van der Waals surface area (Å²) in [6.07, 6.45) is 4.12. The van der Waals surface area contributed by atoms with E-state index in [0.29, 0.717) is 16.9 Å². The first kappa shape index (κ1) is 12.3. The maximum absolute atomic E-state index is 11.9. The molecule has 0 radical (unpaired) electrons. The number of hydrogen-bond acceptors (Lipinski definition) is 5. The second-order valence-corrected chi connectivity index (χ2v) is 5.45. The molecule has 0 fully saturated rings. The van der Waals surface area contributed by atoms with Crippen LogP contribution in [-0.2, 0) is 15.8 Å². The van der Waals surface area contributed by atoms with Gasteiger partial charge < -0.3 is 5.73 Å². The van der Waals surface area contributed by atoms with Crippen LogP contribution in [0.4, 0.5) is 11.4 Å². The first-order chi connectivity index (χ1) is 8.55. The zero-order chi connectivity index (χ0) is 13.0. The van der Waals surface area contributed by atoms with Gasteiger partial charge >= 0.3 is 0 Å². The van der Waals surface area contributed by atoms with Crippen molar-refractivity contribution in [2.75, 3.05) is 10.5 Å². The summed E-state index contributed by atoms with van der Waals surface area (Å²) >= 11 is 0. The first-order valence-electron chi connectivity index (χ1n) is 5.15. The van der Waals surface area contributed by atoms with E-state index in [4.69, 9.17) is 5.73 Å². The zero-order valence-corrected chi connectivity index (χ0v) is 10.3. The Balaban J connectivity index is 2.10. The van der Waals surface area contributed by atoms with Crippen molar-refractivity contribution < 1.29 is 8.42 Å². The Kier molecular flexibility index (Phi) is 3.42. The number of benzene rings is 1. The average molecular weight is 264 g/mol. The smallest absolute Gasteiger partial charge is 0.237 e. The fourth-order valence-corrected chi connectivity index (χ4v) is 2.57. The second kappa shape index (κ2) is 5.01. The lowest BCUT2D eigenvalue weighted by atomic mass is 10.2. The number of rotatable bonds is 4. The highest BCUT2D eigenvalue weighted by atomic mass is 32.2. The molecule has 6 nitrogen and oxygen atoms in total. The molecule has 1 aromatic heterocycles. The molecule has 0 aliphatic rings. The average Bonchev–Trinajstić information content (AvgIpc) is 2.32. The summed E-state index contributed by atoms with van der Waals surface area (Å²) in [5, 5.41) is 0. The fraction of sp³-hybridized carbons (Fsp3) is 0.0909. The Morgan fingerprint density at radius 1 is 1.11 bits per heavy atom. The van der Waals surface area contributed by atoms with Crippen LogP contribution in [0.25, 0.3) is 0 Å². The topological polar surface area (TPSA) is 98.0 Å². The monoisotopic (exact) mass is 264 g/mol. The molecule has 94 valence electrons. The second-order valence-electron chi connectivity index (χ2n) is 3.73. The van der Waals surface area contributed by atoms with Gasteiger partial charge in [0.05, 0.1) is 23.8 Å². The van der Waals surface area contributed by atoms with Gasteiger partial charge in [-0.1, -0.05) is 12.1 Å². The number of nitrogen functional groups attached to an aromatic ring is 1. The van der Waals surface area contributed by atoms with Crippen LogP contribution < -0.4 is 10.5 Å². The van der Waals surface area contributed by atoms with Crippen LogP contribution in [-0.4, -0.2) is 18.4 Å². The van der Waals surface area contributed by atoms with Crippen LogP contribution in [0, 0.1) is 0 Å². The molecule has 0 saturated heterocycles. The van der Waals surface area contributed by atoms with Crippen molar-refractivity contribution in [2.24, 2.45) is 0 Å². The van der Waals surface area contributed by atoms with Crippen LogP contribution in [0.5, 0.6) is 0 Å². The summed E-state index contributed by atoms with van der Waals surface area (Å²) in [6.45, 7) is 0. The Bertz CT molecular complexity index is 611. The van der Waals surface area contributed by atoms with Gasteiger partial charge in [-0.05, 0) is 17.7 Å². The van der Waals surface area contributed by atoms with Crippen molar-refractivity contribution >= 4 is 21.4 Å². The van der Waals surface area contributed by atoms with E-state index >= 15 is 0 Å². The van der Waals surface area contributed by atoms with E-state index < -0.39 is 10.0 Å². The van der Waals surface area contributed by atoms with Crippen molar-refractivity contribution in [1.82, 2.24) is 9.97 Å². The van der Waals surface area contributed by atoms with E-state index in [9.17, 15) is 8.42 Å². The molecule has 0 bridgehead atoms. The molecule has 0 aliphatic carbocycles. The minimum Gasteiger partial charge on any atom is -0.399 e. The summed E-state index contributed by atoms with van der Waals surface area (Å²) in [5.41, 5.74) is 7.13. The van der Waals surface area contributed by atoms with Crippen molar-refractivity contribution in [2.45, 2.75) is 5.75 Å². The van der Waals surface area contributed by atoms with Crippen LogP contribution in [0.15, 0.2) is 43.0 Å². The first-order valence-corrected chi connectivity index (χ1v) is 6.80. The molecule has 0 atom stereocenters. The summed E-state index contributed by atoms with van der Waals surface area (Å²) in [4.78, 5) is 7.47. The van der Waals surface area contributed by atoms with Gasteiger partial charge in [0.2, 0.25) is 10.0 Å². The third-order valence-corrected chi connectivity index (χ3v) is 3.43. The molecular formula is C11H12N4O2S. The summed E-state index contributed by atoms with van der Waals surface area (Å²) in [7, 11) is -3.47. The van der Waals surface area contributed by atoms with E-state index in [-0.39, 0.29) is 5.75 Å². The molecule has 1 aromatic carbocycles. The number of hydrogen-bond donors (Lipinski definition) is 2. The fourth-order valence-electron chi connectivity index (χ4n) is 1.40. The van der Waals surface area contributed by atoms with Crippen molar-refractivity contribution in [3.8, 4) is 0 Å². The Hall–Kier alpha value is -2.15. The largest absolute Gasteiger partial charge is 0.399 e. The van der Waals surface area contributed by atoms with Crippen molar-refractivity contribution in [3.05, 3.63) is 48.5 Å². The molecule has 18 heavy (non-hydrogen) atoms. The minimum absolute atomic E-state index is 0.123. The normalized spacial score (nSPS) is 11.1. The zero-order valence-electron chi connectivity index (χ0n) is 9.45. The summed E-state index contributed by atoms with van der Waals surface area (Å²) in [5.74, 6) is -0.123. The Morgan fingerprint density at radius 3 is 2.33 bits per heavy atom. The van der Waals surface area contributed by atoms with Crippen LogP contribution >= 0.6 is 0 Å². The standard InChI is InChI=1S/C11H12N4O2S/c12-10-3-1-9(2-4-10)7-18(16,17)15-11-5-13-8-14-6-11/h1-6,8,15H,7,12H2. The number of nitrogens with zero attached hydrogens (tertiary/aromatic N) is 2. The molecular weight excluding hydrogens is 252 g/mol. The minimum atomic E-state index is -3.47. The number of aromatic nitrogens is 2. The molecule has 3 N–H and O–H groups in total. The van der Waals surface area contributed by atoms with Gasteiger partial charge in [-0.25, -0.2) is 18.4 Å². The molecule has 0 spiro atoms. The number of nitrogens with one attached hydrogen (secondary N) is 1. The highest BCUT2D eigenvalue weighted by molar-refractivity contribution is 7.91. The lowest BCUT2D eigenvalue weighted by Gasteiger charge is -2.07. The van der Waals surface area contributed by atoms with Crippen molar-refractivity contribution in [3.63, 3.8) is 0 Å². The van der Waals surface area contributed by atoms with E-state index in [2.05, 4.69) is 14.7 Å². The van der Waals surface area contributed by atoms with E-state index in [1.54, 1.807) is 24.3 Å². The third kappa shape index (κ3) is 3.42. The van der Waals surface area contributed by atoms with Crippen LogP contribution in [0.3, 0.4) is 0 Å². The van der Waals surface area contributed by atoms with Gasteiger partial charge in [0.25, 0.3) is 0 Å². The molecule has 0 aliphatic heterocycles. The quantitative estimate of drug-likeness (QED) is 0.803. The Morgan fingerprint density at radius 2 is 1.72 bits per heavy atom. The van der Waals surface area contributed by atoms with E-state index in [1.165, 1.54) is 18.7 Å². The maximum atomic E-state index is 11.9. The van der Waals surface area contributed by atoms with E-state index in [1.807, 2.05) is 0 Å². The molecule has 2 rings (SSSR count). The van der Waals surface area contributed by atoms with Gasteiger partial charge in [-0.15, -0.1) is 0 Å². The highest BCUT2D eigenvalue weighted by Crippen LogP contribution is 2.12. The lowest BCUT2D eigenvalue weighted by molar-refractivity contribution is 0.600. The Labute approximate surface area is 105 Å². The van der Waals surface area contributed by atoms with Gasteiger partial charge in [0, 0.05) is 5.69 Å². The van der Waals surface area contributed by atoms with Crippen LogP contribution in [0.2, 0.25) is 0 Å². The molecule has 0 saturated carbocycles. The highest BCUT2D eigenvalue weighted by Gasteiger charge is 2.11. The molecule has 1 heterocycles. The molecule has 0 unspecified atom stereocenters. The number of anilines is 2. The predicted octanol–water partition coefficient (Wildman–Crippen LogP) is 1.00. The van der Waals surface area contributed by atoms with Crippen LogP contribution in [0.1, 0.15) is 5.56 Å². The maximum Gasteiger partial charge on any atom is 0.237 e.